The van der Waals surface area contributed by atoms with Crippen LogP contribution in [0.2, 0.25) is 0 Å². The normalized spacial score (nSPS) is 14.6. The zero-order chi connectivity index (χ0) is 76.6. The Hall–Kier alpha value is -8.92. The van der Waals surface area contributed by atoms with Crippen LogP contribution >= 0.6 is 0 Å². The van der Waals surface area contributed by atoms with Gasteiger partial charge in [0.2, 0.25) is 0 Å². The van der Waals surface area contributed by atoms with Gasteiger partial charge in [0.15, 0.2) is 0 Å². The maximum atomic E-state index is 2.83. The lowest BCUT2D eigenvalue weighted by molar-refractivity contribution is 0.444. The van der Waals surface area contributed by atoms with E-state index in [0.29, 0.717) is 5.92 Å². The fraction of sp³-hybridized carbons (Fsp3) is 0.365. The van der Waals surface area contributed by atoms with Crippen LogP contribution in [0.3, 0.4) is 0 Å². The number of hydrogen-bond donors (Lipinski definition) is 0. The van der Waals surface area contributed by atoms with Gasteiger partial charge in [-0.25, -0.2) is 0 Å². The molecule has 1 aliphatic carbocycles. The summed E-state index contributed by atoms with van der Waals surface area (Å²) in [7, 11) is 0. The van der Waals surface area contributed by atoms with Gasteiger partial charge in [0.25, 0.3) is 6.71 Å². The van der Waals surface area contributed by atoms with Crippen LogP contribution in [-0.4, -0.2) is 6.71 Å². The molecule has 3 heteroatoms. The molecule has 0 atom stereocenters. The van der Waals surface area contributed by atoms with E-state index in [1.807, 2.05) is 0 Å². The van der Waals surface area contributed by atoms with Crippen molar-refractivity contribution in [2.24, 2.45) is 0 Å². The average Bonchev–Trinajstić information content (AvgIpc) is 0.687. The van der Waals surface area contributed by atoms with Crippen molar-refractivity contribution >= 4 is 57.2 Å². The SMILES string of the molecule is CC(C)(C)c1ccc(-c2ccc3c(c2)N(c2c(-c4ccc(C(C)(C)C)cc4)cc(C(C)(C)C)cc2-c2ccc(C(C)(C)C)cc2)c2cc(C4CCCCC4)cc4c2B3c2ccc(-c3ccc(C(C)(C)C)cc3)cc2N4c2c(-c3ccc(C(C)(C)C)cc3)cc(C(C)(C)C)cc2-c2ccc(C(C)(C)C)cc2)cc1. The van der Waals surface area contributed by atoms with E-state index in [4.69, 9.17) is 0 Å². The Labute approximate surface area is 645 Å². The van der Waals surface area contributed by atoms with Gasteiger partial charge in [0.05, 0.1) is 11.4 Å². The first kappa shape index (κ1) is 74.9. The molecule has 2 nitrogen and oxygen atoms in total. The molecule has 0 saturated heterocycles. The molecule has 0 radical (unpaired) electrons. The van der Waals surface area contributed by atoms with Crippen LogP contribution in [0.1, 0.15) is 254 Å². The lowest BCUT2D eigenvalue weighted by atomic mass is 9.33. The summed E-state index contributed by atoms with van der Waals surface area (Å²) in [5.41, 5.74) is 37.3. The highest BCUT2D eigenvalue weighted by Gasteiger charge is 2.47. The van der Waals surface area contributed by atoms with Gasteiger partial charge >= 0.3 is 0 Å². The first-order valence-electron chi connectivity index (χ1n) is 40.2. The summed E-state index contributed by atoms with van der Waals surface area (Å²) < 4.78 is 0. The highest BCUT2D eigenvalue weighted by molar-refractivity contribution is 7.00. The maximum absolute atomic E-state index is 2.83. The van der Waals surface area contributed by atoms with Crippen molar-refractivity contribution in [1.29, 1.82) is 0 Å². The van der Waals surface area contributed by atoms with Crippen molar-refractivity contribution in [3.63, 3.8) is 0 Å². The second-order valence-corrected chi connectivity index (χ2v) is 40.3. The smallest absolute Gasteiger partial charge is 0.252 e. The molecular formula is C104H119BN2. The van der Waals surface area contributed by atoms with E-state index in [0.717, 1.165) is 12.8 Å². The van der Waals surface area contributed by atoms with Crippen molar-refractivity contribution in [1.82, 2.24) is 0 Å². The van der Waals surface area contributed by atoms with Crippen molar-refractivity contribution < 1.29 is 0 Å². The van der Waals surface area contributed by atoms with Gasteiger partial charge in [-0.1, -0.05) is 355 Å². The van der Waals surface area contributed by atoms with Crippen LogP contribution in [-0.2, 0) is 43.3 Å². The Morgan fingerprint density at radius 2 is 0.467 bits per heavy atom. The molecular weight excluding hydrogens is 1290 g/mol. The maximum Gasteiger partial charge on any atom is 0.252 e. The summed E-state index contributed by atoms with van der Waals surface area (Å²) >= 11 is 0. The Bertz CT molecular complexity index is 4660. The molecule has 0 aromatic heterocycles. The molecule has 107 heavy (non-hydrogen) atoms. The predicted octanol–water partition coefficient (Wildman–Crippen LogP) is 28.2. The lowest BCUT2D eigenvalue weighted by Gasteiger charge is -2.46. The molecule has 2 heterocycles. The zero-order valence-corrected chi connectivity index (χ0v) is 69.4. The Morgan fingerprint density at radius 3 is 0.710 bits per heavy atom. The van der Waals surface area contributed by atoms with E-state index < -0.39 is 0 Å². The fourth-order valence-corrected chi connectivity index (χ4v) is 16.9. The van der Waals surface area contributed by atoms with Gasteiger partial charge in [0.1, 0.15) is 0 Å². The van der Waals surface area contributed by atoms with Gasteiger partial charge in [-0.2, -0.15) is 0 Å². The van der Waals surface area contributed by atoms with Gasteiger partial charge in [-0.05, 0) is 222 Å². The highest BCUT2D eigenvalue weighted by atomic mass is 15.2. The van der Waals surface area contributed by atoms with Crippen LogP contribution in [0.15, 0.2) is 218 Å². The molecule has 0 bridgehead atoms. The van der Waals surface area contributed by atoms with E-state index in [1.54, 1.807) is 0 Å². The minimum Gasteiger partial charge on any atom is -0.310 e. The molecule has 3 aliphatic rings. The number of rotatable bonds is 9. The molecule has 548 valence electrons. The van der Waals surface area contributed by atoms with E-state index in [9.17, 15) is 0 Å². The van der Waals surface area contributed by atoms with E-state index >= 15 is 0 Å². The first-order valence-corrected chi connectivity index (χ1v) is 40.2. The predicted molar refractivity (Wildman–Crippen MR) is 469 cm³/mol. The van der Waals surface area contributed by atoms with Gasteiger partial charge in [0, 0.05) is 45.0 Å². The van der Waals surface area contributed by atoms with Crippen molar-refractivity contribution in [3.05, 3.63) is 268 Å². The summed E-state index contributed by atoms with van der Waals surface area (Å²) in [5.74, 6) is 0.352. The fourth-order valence-electron chi connectivity index (χ4n) is 16.9. The van der Waals surface area contributed by atoms with Crippen molar-refractivity contribution in [3.8, 4) is 66.8 Å². The molecule has 14 rings (SSSR count). The second-order valence-electron chi connectivity index (χ2n) is 40.3. The third kappa shape index (κ3) is 14.6. The molecule has 0 amide bonds. The summed E-state index contributed by atoms with van der Waals surface area (Å²) in [6, 6.07) is 88.6. The minimum atomic E-state index is -0.189. The molecule has 0 N–H and O–H groups in total. The van der Waals surface area contributed by atoms with E-state index in [1.165, 1.54) is 187 Å². The standard InChI is InChI=1S/C104H119BN2/c1-97(2,3)76-44-30-67(31-45-76)73-42-56-88-90(58-73)106(95-84(69-34-48-78(49-35-69)99(7,8)9)62-82(103(19,20)21)63-85(95)70-36-50-79(51-37-70)100(10,11)12)92-60-75(66-28-26-25-27-29-66)61-93-94(92)105(88)89-57-43-74(68-32-46-77(47-33-68)98(4,5)6)59-91(89)107(93)96-86(71-38-52-80(53-39-71)101(13,14)15)64-83(104(22,23)24)65-87(96)72-40-54-81(55-41-72)102(16,17)18/h30-66H,25-29H2,1-24H3. The van der Waals surface area contributed by atoms with Gasteiger partial charge < -0.3 is 9.80 Å². The zero-order valence-electron chi connectivity index (χ0n) is 69.4. The summed E-state index contributed by atoms with van der Waals surface area (Å²) in [6.07, 6.45) is 5.97. The first-order chi connectivity index (χ1) is 50.1. The largest absolute Gasteiger partial charge is 0.310 e. The molecule has 1 fully saturated rings. The molecule has 0 spiro atoms. The molecule has 11 aromatic rings. The molecule has 11 aromatic carbocycles. The molecule has 1 saturated carbocycles. The summed E-state index contributed by atoms with van der Waals surface area (Å²) in [5, 5.41) is 0. The Morgan fingerprint density at radius 1 is 0.234 bits per heavy atom. The van der Waals surface area contributed by atoms with Crippen LogP contribution < -0.4 is 26.2 Å². The Balaban J connectivity index is 1.19. The third-order valence-electron chi connectivity index (χ3n) is 24.0. The number of nitrogens with zero attached hydrogens (tertiary/aromatic N) is 2. The second kappa shape index (κ2) is 27.0. The van der Waals surface area contributed by atoms with Crippen LogP contribution in [0.5, 0.6) is 0 Å². The molecule has 2 aliphatic heterocycles. The average molecular weight is 1410 g/mol. The van der Waals surface area contributed by atoms with Crippen LogP contribution in [0, 0.1) is 0 Å². The number of anilines is 6. The van der Waals surface area contributed by atoms with Gasteiger partial charge in [-0.3, -0.25) is 0 Å². The van der Waals surface area contributed by atoms with E-state index in [-0.39, 0.29) is 50.0 Å². The van der Waals surface area contributed by atoms with Gasteiger partial charge in [-0.15, -0.1) is 0 Å². The summed E-state index contributed by atoms with van der Waals surface area (Å²) in [4.78, 5) is 5.65. The topological polar surface area (TPSA) is 6.48 Å². The number of hydrogen-bond acceptors (Lipinski definition) is 2. The number of benzene rings is 11. The lowest BCUT2D eigenvalue weighted by Crippen LogP contribution is -2.61. The Kier molecular flexibility index (Phi) is 18.9. The van der Waals surface area contributed by atoms with Crippen LogP contribution in [0.25, 0.3) is 66.8 Å². The third-order valence-corrected chi connectivity index (χ3v) is 24.0. The van der Waals surface area contributed by atoms with Crippen molar-refractivity contribution in [2.45, 2.75) is 248 Å². The quantitative estimate of drug-likeness (QED) is 0.133. The van der Waals surface area contributed by atoms with Crippen LogP contribution in [0.4, 0.5) is 34.1 Å². The summed E-state index contributed by atoms with van der Waals surface area (Å²) in [6.45, 7) is 56.3. The molecule has 0 unspecified atom stereocenters. The number of fused-ring (bicyclic) bond motifs is 4. The van der Waals surface area contributed by atoms with E-state index in [2.05, 4.69) is 394 Å². The highest BCUT2D eigenvalue weighted by Crippen LogP contribution is 2.56. The minimum absolute atomic E-state index is 0.00670. The van der Waals surface area contributed by atoms with Crippen molar-refractivity contribution in [2.75, 3.05) is 9.80 Å². The monoisotopic (exact) mass is 1410 g/mol.